The predicted octanol–water partition coefficient (Wildman–Crippen LogP) is 3.30. The molecule has 18 heavy (non-hydrogen) atoms. The molecule has 90 valence electrons. The van der Waals surface area contributed by atoms with Crippen LogP contribution in [0.4, 0.5) is 4.79 Å². The van der Waals surface area contributed by atoms with Crippen molar-refractivity contribution in [2.24, 2.45) is 0 Å². The normalized spacial score (nSPS) is 10.7. The smallest absolute Gasteiger partial charge is 0.412 e. The molecule has 4 heteroatoms. The van der Waals surface area contributed by atoms with Crippen molar-refractivity contribution >= 4 is 28.0 Å². The van der Waals surface area contributed by atoms with E-state index in [1.165, 1.54) is 7.05 Å². The molecule has 0 spiro atoms. The van der Waals surface area contributed by atoms with E-state index in [2.05, 4.69) is 5.32 Å². The molecule has 0 aliphatic heterocycles. The van der Waals surface area contributed by atoms with Crippen LogP contribution in [0.1, 0.15) is 0 Å². The molecule has 3 rings (SSSR count). The van der Waals surface area contributed by atoms with Gasteiger partial charge in [-0.05, 0) is 24.3 Å². The summed E-state index contributed by atoms with van der Waals surface area (Å²) in [6, 6.07) is 13.1. The van der Waals surface area contributed by atoms with E-state index in [4.69, 9.17) is 9.15 Å². The number of hydrogen-bond donors (Lipinski definition) is 1. The van der Waals surface area contributed by atoms with Gasteiger partial charge >= 0.3 is 6.09 Å². The zero-order valence-electron chi connectivity index (χ0n) is 9.77. The molecule has 3 aromatic rings. The van der Waals surface area contributed by atoms with E-state index >= 15 is 0 Å². The van der Waals surface area contributed by atoms with Crippen LogP contribution in [0.3, 0.4) is 0 Å². The van der Waals surface area contributed by atoms with Crippen LogP contribution in [-0.2, 0) is 0 Å². The van der Waals surface area contributed by atoms with Gasteiger partial charge in [0, 0.05) is 17.8 Å². The number of fused-ring (bicyclic) bond motifs is 3. The lowest BCUT2D eigenvalue weighted by atomic mass is 10.1. The van der Waals surface area contributed by atoms with E-state index in [0.717, 1.165) is 21.9 Å². The van der Waals surface area contributed by atoms with Gasteiger partial charge in [-0.15, -0.1) is 0 Å². The second kappa shape index (κ2) is 4.07. The highest BCUT2D eigenvalue weighted by molar-refractivity contribution is 6.05. The number of amides is 1. The minimum absolute atomic E-state index is 0.484. The summed E-state index contributed by atoms with van der Waals surface area (Å²) in [6.07, 6.45) is -0.484. The highest BCUT2D eigenvalue weighted by Gasteiger charge is 2.08. The number of para-hydroxylation sites is 1. The van der Waals surface area contributed by atoms with Gasteiger partial charge in [0.15, 0.2) is 0 Å². The predicted molar refractivity (Wildman–Crippen MR) is 68.8 cm³/mol. The molecule has 1 amide bonds. The average Bonchev–Trinajstić information content (AvgIpc) is 2.77. The zero-order chi connectivity index (χ0) is 12.5. The molecule has 1 aromatic heterocycles. The zero-order valence-corrected chi connectivity index (χ0v) is 9.77. The summed E-state index contributed by atoms with van der Waals surface area (Å²) in [5.41, 5.74) is 1.60. The van der Waals surface area contributed by atoms with Crippen molar-refractivity contribution in [3.63, 3.8) is 0 Å². The molecule has 0 aliphatic rings. The first-order valence-corrected chi connectivity index (χ1v) is 5.59. The Hall–Kier alpha value is -2.49. The maximum absolute atomic E-state index is 11.2. The van der Waals surface area contributed by atoms with Gasteiger partial charge in [-0.2, -0.15) is 0 Å². The molecular weight excluding hydrogens is 230 g/mol. The molecule has 1 heterocycles. The van der Waals surface area contributed by atoms with Crippen molar-refractivity contribution in [2.45, 2.75) is 0 Å². The molecule has 2 aromatic carbocycles. The first kappa shape index (κ1) is 10.7. The van der Waals surface area contributed by atoms with Crippen molar-refractivity contribution in [3.05, 3.63) is 42.5 Å². The molecule has 0 radical (unpaired) electrons. The number of ether oxygens (including phenoxy) is 1. The Balaban J connectivity index is 2.15. The quantitative estimate of drug-likeness (QED) is 0.711. The standard InChI is InChI=1S/C14H11NO3/c1-15-14(16)17-9-6-7-13-11(8-9)10-4-2-3-5-12(10)18-13/h2-8H,1H3,(H,15,16). The fourth-order valence-electron chi connectivity index (χ4n) is 1.93. The molecule has 0 fully saturated rings. The number of carbonyl (C=O) groups excluding carboxylic acids is 1. The Labute approximate surface area is 103 Å². The number of carbonyl (C=O) groups is 1. The fraction of sp³-hybridized carbons (Fsp3) is 0.0714. The van der Waals surface area contributed by atoms with Gasteiger partial charge in [0.25, 0.3) is 0 Å². The Morgan fingerprint density at radius 3 is 2.72 bits per heavy atom. The third-order valence-electron chi connectivity index (χ3n) is 2.76. The number of furan rings is 1. The first-order valence-electron chi connectivity index (χ1n) is 5.59. The van der Waals surface area contributed by atoms with Gasteiger partial charge < -0.3 is 14.5 Å². The molecule has 0 aliphatic carbocycles. The molecule has 1 N–H and O–H groups in total. The summed E-state index contributed by atoms with van der Waals surface area (Å²) in [6.45, 7) is 0. The van der Waals surface area contributed by atoms with Crippen LogP contribution in [0, 0.1) is 0 Å². The lowest BCUT2D eigenvalue weighted by molar-refractivity contribution is 0.203. The van der Waals surface area contributed by atoms with Crippen LogP contribution in [0.2, 0.25) is 0 Å². The van der Waals surface area contributed by atoms with Gasteiger partial charge in [-0.3, -0.25) is 0 Å². The van der Waals surface area contributed by atoms with Crippen LogP contribution >= 0.6 is 0 Å². The minimum Gasteiger partial charge on any atom is -0.456 e. The fourth-order valence-corrected chi connectivity index (χ4v) is 1.93. The van der Waals surface area contributed by atoms with E-state index in [0.29, 0.717) is 5.75 Å². The Bertz CT molecular complexity index is 730. The SMILES string of the molecule is CNC(=O)Oc1ccc2oc3ccccc3c2c1. The second-order valence-corrected chi connectivity index (χ2v) is 3.90. The van der Waals surface area contributed by atoms with Crippen molar-refractivity contribution in [3.8, 4) is 5.75 Å². The summed E-state index contributed by atoms with van der Waals surface area (Å²) in [5, 5.41) is 4.35. The van der Waals surface area contributed by atoms with Crippen LogP contribution in [0.15, 0.2) is 46.9 Å². The van der Waals surface area contributed by atoms with Gasteiger partial charge in [0.05, 0.1) is 0 Å². The number of hydrogen-bond acceptors (Lipinski definition) is 3. The first-order chi connectivity index (χ1) is 8.78. The molecule has 0 saturated carbocycles. The van der Waals surface area contributed by atoms with Crippen LogP contribution in [0.25, 0.3) is 21.9 Å². The Kier molecular flexibility index (Phi) is 2.41. The minimum atomic E-state index is -0.484. The number of benzene rings is 2. The maximum atomic E-state index is 11.2. The largest absolute Gasteiger partial charge is 0.456 e. The Morgan fingerprint density at radius 1 is 1.11 bits per heavy atom. The van der Waals surface area contributed by atoms with Crippen LogP contribution in [-0.4, -0.2) is 13.1 Å². The molecule has 0 bridgehead atoms. The van der Waals surface area contributed by atoms with Gasteiger partial charge in [0.1, 0.15) is 16.9 Å². The van der Waals surface area contributed by atoms with Gasteiger partial charge in [-0.1, -0.05) is 18.2 Å². The third kappa shape index (κ3) is 1.68. The van der Waals surface area contributed by atoms with Crippen molar-refractivity contribution in [1.82, 2.24) is 5.32 Å². The maximum Gasteiger partial charge on any atom is 0.412 e. The average molecular weight is 241 g/mol. The highest BCUT2D eigenvalue weighted by atomic mass is 16.5. The molecule has 0 atom stereocenters. The highest BCUT2D eigenvalue weighted by Crippen LogP contribution is 2.31. The van der Waals surface area contributed by atoms with E-state index in [9.17, 15) is 4.79 Å². The molecular formula is C14H11NO3. The number of rotatable bonds is 1. The van der Waals surface area contributed by atoms with Gasteiger partial charge in [0.2, 0.25) is 0 Å². The monoisotopic (exact) mass is 241 g/mol. The topological polar surface area (TPSA) is 51.5 Å². The van der Waals surface area contributed by atoms with Crippen LogP contribution < -0.4 is 10.1 Å². The van der Waals surface area contributed by atoms with Crippen molar-refractivity contribution in [1.29, 1.82) is 0 Å². The summed E-state index contributed by atoms with van der Waals surface area (Å²) in [5.74, 6) is 0.494. The van der Waals surface area contributed by atoms with E-state index in [1.54, 1.807) is 18.2 Å². The summed E-state index contributed by atoms with van der Waals surface area (Å²) in [7, 11) is 1.52. The van der Waals surface area contributed by atoms with Gasteiger partial charge in [-0.25, -0.2) is 4.79 Å². The van der Waals surface area contributed by atoms with E-state index < -0.39 is 6.09 Å². The van der Waals surface area contributed by atoms with Crippen LogP contribution in [0.5, 0.6) is 5.75 Å². The lowest BCUT2D eigenvalue weighted by Gasteiger charge is -2.02. The summed E-state index contributed by atoms with van der Waals surface area (Å²) in [4.78, 5) is 11.2. The Morgan fingerprint density at radius 2 is 1.89 bits per heavy atom. The number of nitrogens with one attached hydrogen (secondary N) is 1. The van der Waals surface area contributed by atoms with Crippen molar-refractivity contribution < 1.29 is 13.9 Å². The summed E-state index contributed by atoms with van der Waals surface area (Å²) < 4.78 is 10.8. The van der Waals surface area contributed by atoms with E-state index in [1.807, 2.05) is 24.3 Å². The molecule has 0 unspecified atom stereocenters. The third-order valence-corrected chi connectivity index (χ3v) is 2.76. The molecule has 0 saturated heterocycles. The lowest BCUT2D eigenvalue weighted by Crippen LogP contribution is -2.21. The van der Waals surface area contributed by atoms with Crippen molar-refractivity contribution in [2.75, 3.05) is 7.05 Å². The summed E-state index contributed by atoms with van der Waals surface area (Å²) >= 11 is 0. The molecule has 4 nitrogen and oxygen atoms in total. The second-order valence-electron chi connectivity index (χ2n) is 3.90. The van der Waals surface area contributed by atoms with E-state index in [-0.39, 0.29) is 0 Å².